The van der Waals surface area contributed by atoms with Gasteiger partial charge in [-0.3, -0.25) is 9.59 Å². The van der Waals surface area contributed by atoms with Crippen LogP contribution in [0.3, 0.4) is 0 Å². The van der Waals surface area contributed by atoms with Crippen molar-refractivity contribution in [3.63, 3.8) is 0 Å². The Morgan fingerprint density at radius 3 is 2.02 bits per heavy atom. The molecule has 6 rings (SSSR count). The number of likely N-dealkylation sites (N-methyl/N-ethyl adjacent to an activating group) is 2. The zero-order valence-electron chi connectivity index (χ0n) is 27.0. The number of benzene rings is 3. The molecule has 0 radical (unpaired) electrons. The Bertz CT molecular complexity index is 1820. The van der Waals surface area contributed by atoms with E-state index in [1.165, 1.54) is 40.2 Å². The van der Waals surface area contributed by atoms with E-state index >= 15 is 0 Å². The summed E-state index contributed by atoms with van der Waals surface area (Å²) in [5.74, 6) is 0.0644. The molecule has 1 aliphatic carbocycles. The van der Waals surface area contributed by atoms with Gasteiger partial charge in [-0.15, -0.1) is 0 Å². The van der Waals surface area contributed by atoms with Gasteiger partial charge in [-0.05, 0) is 85.0 Å². The van der Waals surface area contributed by atoms with Gasteiger partial charge in [0.05, 0.1) is 0 Å². The lowest BCUT2D eigenvalue weighted by Gasteiger charge is -2.26. The number of carbonyl (C=O) groups excluding carboxylic acids is 2. The highest BCUT2D eigenvalue weighted by molar-refractivity contribution is 6.11. The van der Waals surface area contributed by atoms with Crippen LogP contribution in [0.15, 0.2) is 101 Å². The van der Waals surface area contributed by atoms with Gasteiger partial charge in [0, 0.05) is 70.4 Å². The van der Waals surface area contributed by atoms with Gasteiger partial charge in [0.25, 0.3) is 0 Å². The molecular formula is C39H43N3O2. The number of amides is 1. The van der Waals surface area contributed by atoms with Crippen LogP contribution in [0.1, 0.15) is 72.4 Å². The summed E-state index contributed by atoms with van der Waals surface area (Å²) in [7, 11) is 0. The van der Waals surface area contributed by atoms with E-state index in [1.807, 2.05) is 12.1 Å². The Kier molecular flexibility index (Phi) is 7.39. The Morgan fingerprint density at radius 2 is 1.39 bits per heavy atom. The van der Waals surface area contributed by atoms with Crippen LogP contribution in [0.2, 0.25) is 0 Å². The molecule has 3 aliphatic rings. The predicted molar refractivity (Wildman–Crippen MR) is 183 cm³/mol. The molecule has 226 valence electrons. The minimum Gasteiger partial charge on any atom is -0.344 e. The summed E-state index contributed by atoms with van der Waals surface area (Å²) in [4.78, 5) is 30.0. The third kappa shape index (κ3) is 4.70. The summed E-state index contributed by atoms with van der Waals surface area (Å²) in [5, 5.41) is 5.47. The number of rotatable bonds is 5. The van der Waals surface area contributed by atoms with E-state index in [9.17, 15) is 9.59 Å². The van der Waals surface area contributed by atoms with E-state index in [1.54, 1.807) is 0 Å². The molecule has 0 atom stereocenters. The molecular weight excluding hydrogens is 542 g/mol. The molecule has 44 heavy (non-hydrogen) atoms. The molecule has 2 aliphatic heterocycles. The van der Waals surface area contributed by atoms with Gasteiger partial charge in [0.15, 0.2) is 5.78 Å². The van der Waals surface area contributed by atoms with Crippen molar-refractivity contribution in [1.29, 1.82) is 0 Å². The minimum atomic E-state index is -0.265. The Hall–Kier alpha value is -4.38. The maximum absolute atomic E-state index is 13.6. The molecule has 3 aromatic rings. The monoisotopic (exact) mass is 585 g/mol. The number of fused-ring (bicyclic) bond motifs is 4. The number of allylic oxidation sites excluding steroid dienone is 8. The molecule has 5 nitrogen and oxygen atoms in total. The van der Waals surface area contributed by atoms with Crippen molar-refractivity contribution >= 4 is 39.5 Å². The normalized spacial score (nSPS) is 22.1. The van der Waals surface area contributed by atoms with Gasteiger partial charge < -0.3 is 15.1 Å². The summed E-state index contributed by atoms with van der Waals surface area (Å²) >= 11 is 0. The van der Waals surface area contributed by atoms with Crippen LogP contribution in [-0.2, 0) is 20.4 Å². The quantitative estimate of drug-likeness (QED) is 0.304. The van der Waals surface area contributed by atoms with Gasteiger partial charge in [0.2, 0.25) is 5.91 Å². The molecule has 1 saturated carbocycles. The largest absolute Gasteiger partial charge is 0.344 e. The first-order chi connectivity index (χ1) is 21.0. The van der Waals surface area contributed by atoms with E-state index in [4.69, 9.17) is 0 Å². The van der Waals surface area contributed by atoms with E-state index in [0.29, 0.717) is 0 Å². The molecule has 0 saturated heterocycles. The van der Waals surface area contributed by atoms with Gasteiger partial charge in [0.1, 0.15) is 0 Å². The number of hydrogen-bond acceptors (Lipinski definition) is 4. The zero-order chi connectivity index (χ0) is 31.4. The summed E-state index contributed by atoms with van der Waals surface area (Å²) in [6.07, 6.45) is 9.93. The minimum absolute atomic E-state index is 0.0789. The van der Waals surface area contributed by atoms with E-state index in [0.717, 1.165) is 54.1 Å². The number of nitrogens with one attached hydrogen (secondary N) is 1. The first kappa shape index (κ1) is 29.7. The van der Waals surface area contributed by atoms with E-state index in [-0.39, 0.29) is 22.5 Å². The van der Waals surface area contributed by atoms with Crippen LogP contribution in [0.25, 0.3) is 10.8 Å². The highest BCUT2D eigenvalue weighted by Crippen LogP contribution is 2.51. The second kappa shape index (κ2) is 11.0. The van der Waals surface area contributed by atoms with Crippen molar-refractivity contribution in [3.8, 4) is 0 Å². The molecule has 0 unspecified atom stereocenters. The maximum atomic E-state index is 13.6. The molecule has 1 amide bonds. The topological polar surface area (TPSA) is 52.6 Å². The highest BCUT2D eigenvalue weighted by Gasteiger charge is 2.41. The lowest BCUT2D eigenvalue weighted by Crippen LogP contribution is -2.25. The van der Waals surface area contributed by atoms with Crippen LogP contribution in [0, 0.1) is 0 Å². The van der Waals surface area contributed by atoms with Crippen molar-refractivity contribution in [2.45, 2.75) is 72.1 Å². The Labute approximate surface area is 261 Å². The lowest BCUT2D eigenvalue weighted by molar-refractivity contribution is -0.114. The Morgan fingerprint density at radius 1 is 0.795 bits per heavy atom. The fraction of sp³-hybridized carbons (Fsp3) is 0.333. The van der Waals surface area contributed by atoms with Gasteiger partial charge in [-0.25, -0.2) is 0 Å². The smallest absolute Gasteiger partial charge is 0.221 e. The average Bonchev–Trinajstić information content (AvgIpc) is 3.53. The molecule has 3 aromatic carbocycles. The van der Waals surface area contributed by atoms with Gasteiger partial charge >= 0.3 is 0 Å². The van der Waals surface area contributed by atoms with Crippen LogP contribution in [0.5, 0.6) is 0 Å². The SMILES string of the molecule is CCN1/C(=C\C=C2\CC/C(=C\C=C3\N(CC)c4ccc5ccccc5c4C3(C)C)C2=O)C(C)(C)c2cc(NC(C)=O)ccc21. The maximum Gasteiger partial charge on any atom is 0.221 e. The van der Waals surface area contributed by atoms with Crippen LogP contribution in [-0.4, -0.2) is 24.8 Å². The fourth-order valence-corrected chi connectivity index (χ4v) is 7.55. The van der Waals surface area contributed by atoms with Crippen LogP contribution >= 0.6 is 0 Å². The first-order valence-electron chi connectivity index (χ1n) is 15.9. The van der Waals surface area contributed by atoms with Crippen molar-refractivity contribution in [3.05, 3.63) is 113 Å². The predicted octanol–water partition coefficient (Wildman–Crippen LogP) is 8.72. The van der Waals surface area contributed by atoms with Gasteiger partial charge in [-0.1, -0.05) is 70.2 Å². The van der Waals surface area contributed by atoms with E-state index in [2.05, 4.69) is 123 Å². The molecule has 5 heteroatoms. The van der Waals surface area contributed by atoms with Crippen LogP contribution < -0.4 is 15.1 Å². The molecule has 0 bridgehead atoms. The second-order valence-electron chi connectivity index (χ2n) is 13.1. The highest BCUT2D eigenvalue weighted by atomic mass is 16.1. The summed E-state index contributed by atoms with van der Waals surface area (Å²) in [5.41, 5.74) is 9.42. The molecule has 1 N–H and O–H groups in total. The first-order valence-corrected chi connectivity index (χ1v) is 15.9. The van der Waals surface area contributed by atoms with Crippen LogP contribution in [0.4, 0.5) is 17.1 Å². The zero-order valence-corrected chi connectivity index (χ0v) is 27.0. The standard InChI is InChI=1S/C39H43N3O2/c1-8-41-32-21-19-29(40-25(3)43)24-31(32)38(4,5)34(41)22-17-27-14-15-28(37(27)44)18-23-35-39(6,7)36-30-13-11-10-12-26(30)16-20-33(36)42(35)9-2/h10-13,16-24H,8-9,14-15H2,1-7H3,(H,40,43)/b27-17-,28-18+,34-22-,35-23+. The fourth-order valence-electron chi connectivity index (χ4n) is 7.55. The number of Topliss-reactive ketones (excluding diaryl/α,β-unsaturated/α-hetero) is 1. The Balaban J connectivity index is 1.30. The van der Waals surface area contributed by atoms with Crippen molar-refractivity contribution in [2.75, 3.05) is 28.2 Å². The number of ketones is 1. The summed E-state index contributed by atoms with van der Waals surface area (Å²) in [6.45, 7) is 16.6. The molecule has 0 spiro atoms. The average molecular weight is 586 g/mol. The number of anilines is 3. The second-order valence-corrected chi connectivity index (χ2v) is 13.1. The van der Waals surface area contributed by atoms with Crippen molar-refractivity contribution < 1.29 is 9.59 Å². The number of hydrogen-bond donors (Lipinski definition) is 1. The van der Waals surface area contributed by atoms with Crippen molar-refractivity contribution in [1.82, 2.24) is 0 Å². The van der Waals surface area contributed by atoms with Crippen molar-refractivity contribution in [2.24, 2.45) is 0 Å². The molecule has 1 fully saturated rings. The molecule has 2 heterocycles. The number of nitrogens with zero attached hydrogens (tertiary/aromatic N) is 2. The summed E-state index contributed by atoms with van der Waals surface area (Å²) < 4.78 is 0. The summed E-state index contributed by atoms with van der Waals surface area (Å²) in [6, 6.07) is 19.2. The third-order valence-corrected chi connectivity index (χ3v) is 9.73. The van der Waals surface area contributed by atoms with E-state index < -0.39 is 0 Å². The number of carbonyl (C=O) groups is 2. The third-order valence-electron chi connectivity index (χ3n) is 9.73. The lowest BCUT2D eigenvalue weighted by atomic mass is 9.81. The molecule has 0 aromatic heterocycles. The van der Waals surface area contributed by atoms with Gasteiger partial charge in [-0.2, -0.15) is 0 Å².